The lowest BCUT2D eigenvalue weighted by Crippen LogP contribution is -2.66. The summed E-state index contributed by atoms with van der Waals surface area (Å²) in [7, 11) is -3.04. The van der Waals surface area contributed by atoms with Crippen LogP contribution in [0.15, 0.2) is 95.9 Å². The second-order valence-corrected chi connectivity index (χ2v) is 28.9. The number of carbonyl (C=O) groups excluding carboxylic acids is 1. The lowest BCUT2D eigenvalue weighted by Gasteiger charge is -2.43. The average molecular weight is 900 g/mol. The van der Waals surface area contributed by atoms with Gasteiger partial charge in [0.05, 0.1) is 23.4 Å². The maximum atomic E-state index is 13.9. The van der Waals surface area contributed by atoms with Crippen LogP contribution in [0.4, 0.5) is 23.0 Å². The van der Waals surface area contributed by atoms with Gasteiger partial charge in [0.25, 0.3) is 13.9 Å². The number of nitrogens with zero attached hydrogens (tertiary/aromatic N) is 4. The minimum Gasteiger partial charge on any atom is -0.407 e. The molecule has 1 fully saturated rings. The second kappa shape index (κ2) is 21.3. The highest BCUT2D eigenvalue weighted by Crippen LogP contribution is 2.41. The number of H-pyrrole nitrogens is 1. The number of fused-ring (bicyclic) bond motifs is 1. The Morgan fingerprint density at radius 3 is 2.06 bits per heavy atom. The highest BCUT2D eigenvalue weighted by Gasteiger charge is 2.50. The van der Waals surface area contributed by atoms with Crippen LogP contribution in [0.1, 0.15) is 80.7 Å². The molecule has 0 spiro atoms. The number of nitrogens with one attached hydrogen (secondary N) is 3. The van der Waals surface area contributed by atoms with Crippen molar-refractivity contribution in [2.75, 3.05) is 68.6 Å². The summed E-state index contributed by atoms with van der Waals surface area (Å²) in [6.07, 6.45) is 2.58. The molecule has 1 aliphatic heterocycles. The van der Waals surface area contributed by atoms with Crippen molar-refractivity contribution in [2.45, 2.75) is 96.8 Å². The van der Waals surface area contributed by atoms with E-state index >= 15 is 0 Å². The monoisotopic (exact) mass is 899 g/mol. The molecule has 0 unspecified atom stereocenters. The summed E-state index contributed by atoms with van der Waals surface area (Å²) in [6.45, 7) is 25.9. The number of benzene rings is 3. The van der Waals surface area contributed by atoms with Crippen LogP contribution in [0.25, 0.3) is 11.0 Å². The topological polar surface area (TPSA) is 125 Å². The first-order chi connectivity index (χ1) is 30.6. The van der Waals surface area contributed by atoms with E-state index in [1.807, 2.05) is 30.3 Å². The highest BCUT2D eigenvalue weighted by atomic mass is 28.4. The number of methoxy groups -OCH3 is 1. The Morgan fingerprint density at radius 2 is 1.48 bits per heavy atom. The lowest BCUT2D eigenvalue weighted by molar-refractivity contribution is -0.116. The van der Waals surface area contributed by atoms with Crippen molar-refractivity contribution < 1.29 is 14.0 Å². The molecule has 5 aromatic rings. The maximum absolute atomic E-state index is 13.9. The molecular weight excluding hydrogens is 831 g/mol. The van der Waals surface area contributed by atoms with Gasteiger partial charge in [0.1, 0.15) is 13.7 Å². The number of carbonyl (C=O) groups is 1. The van der Waals surface area contributed by atoms with Crippen molar-refractivity contribution in [3.8, 4) is 11.5 Å². The van der Waals surface area contributed by atoms with Gasteiger partial charge >= 0.3 is 0 Å². The van der Waals surface area contributed by atoms with Gasteiger partial charge in [-0.1, -0.05) is 129 Å². The zero-order valence-corrected chi connectivity index (χ0v) is 41.7. The molecule has 340 valence electrons. The van der Waals surface area contributed by atoms with Gasteiger partial charge in [-0.15, -0.1) is 5.54 Å². The van der Waals surface area contributed by atoms with E-state index in [0.717, 1.165) is 38.4 Å². The number of amides is 1. The van der Waals surface area contributed by atoms with Crippen molar-refractivity contribution >= 4 is 66.7 Å². The standard InChI is InChI=1S/C51H69N7O4Si2/c1-37(2)63(38(3)4,39(5)6)33-25-40-34-48(60)55-49-44(40)36-52-50(56-49)53-41-23-24-46(58-28-26-57(27-29-58)30-32-61-10)45(35-41)54-47(59)22-17-31-62-64(51(7,8)9,42-18-13-11-14-19-42)43-20-15-12-16-21-43/h11-16,18-21,23-24,34-39H,17,22,26-32H2,1-10H3,(H,54,59)(H2,52,53,55,56,60). The number of hydrogen-bond acceptors (Lipinski definition) is 9. The van der Waals surface area contributed by atoms with Crippen molar-refractivity contribution in [2.24, 2.45) is 0 Å². The van der Waals surface area contributed by atoms with Crippen LogP contribution in [0.2, 0.25) is 21.7 Å². The molecule has 11 nitrogen and oxygen atoms in total. The van der Waals surface area contributed by atoms with Gasteiger partial charge in [0, 0.05) is 76.4 Å². The molecule has 0 bridgehead atoms. The Balaban J connectivity index is 1.24. The summed E-state index contributed by atoms with van der Waals surface area (Å²) < 4.78 is 12.4. The summed E-state index contributed by atoms with van der Waals surface area (Å²) in [5, 5.41) is 9.58. The normalized spacial score (nSPS) is 14.0. The van der Waals surface area contributed by atoms with Gasteiger partial charge in [-0.2, -0.15) is 4.98 Å². The van der Waals surface area contributed by atoms with Crippen molar-refractivity contribution in [1.29, 1.82) is 0 Å². The molecule has 3 aromatic carbocycles. The van der Waals surface area contributed by atoms with E-state index in [1.165, 1.54) is 10.4 Å². The van der Waals surface area contributed by atoms with Crippen LogP contribution in [-0.2, 0) is 14.0 Å². The quantitative estimate of drug-likeness (QED) is 0.0478. The molecule has 0 saturated carbocycles. The smallest absolute Gasteiger partial charge is 0.261 e. The van der Waals surface area contributed by atoms with E-state index in [-0.39, 0.29) is 16.5 Å². The summed E-state index contributed by atoms with van der Waals surface area (Å²) in [4.78, 5) is 43.9. The van der Waals surface area contributed by atoms with E-state index in [2.05, 4.69) is 153 Å². The number of aromatic nitrogens is 3. The minimum absolute atomic E-state index is 0.0872. The predicted molar refractivity (Wildman–Crippen MR) is 270 cm³/mol. The number of aromatic amines is 1. The van der Waals surface area contributed by atoms with Crippen LogP contribution < -0.4 is 31.5 Å². The third kappa shape index (κ3) is 10.9. The maximum Gasteiger partial charge on any atom is 0.261 e. The first kappa shape index (κ1) is 48.4. The van der Waals surface area contributed by atoms with E-state index < -0.39 is 16.4 Å². The Bertz CT molecular complexity index is 2390. The predicted octanol–water partition coefficient (Wildman–Crippen LogP) is 8.69. The molecule has 0 radical (unpaired) electrons. The fourth-order valence-electron chi connectivity index (χ4n) is 9.79. The average Bonchev–Trinajstić information content (AvgIpc) is 3.26. The summed E-state index contributed by atoms with van der Waals surface area (Å²) in [6, 6.07) is 28.7. The third-order valence-corrected chi connectivity index (χ3v) is 24.3. The van der Waals surface area contributed by atoms with E-state index in [9.17, 15) is 9.59 Å². The number of anilines is 4. The number of ether oxygens (including phenoxy) is 1. The van der Waals surface area contributed by atoms with Gasteiger partial charge in [0.2, 0.25) is 11.9 Å². The zero-order chi connectivity index (χ0) is 46.1. The third-order valence-electron chi connectivity index (χ3n) is 13.0. The van der Waals surface area contributed by atoms with Gasteiger partial charge in [-0.05, 0) is 56.7 Å². The van der Waals surface area contributed by atoms with Crippen LogP contribution in [0, 0.1) is 11.5 Å². The van der Waals surface area contributed by atoms with E-state index in [0.29, 0.717) is 76.6 Å². The largest absolute Gasteiger partial charge is 0.407 e. The SMILES string of the molecule is COCCN1CCN(c2ccc(Nc3ncc4c(C#C[Si](C(C)C)(C(C)C)C(C)C)cc(=O)[nH]c4n3)cc2NC(=O)CCCO[Si](c2ccccc2)(c2ccccc2)C(C)(C)C)CC1. The van der Waals surface area contributed by atoms with Gasteiger partial charge in [-0.25, -0.2) is 4.98 Å². The van der Waals surface area contributed by atoms with Gasteiger partial charge in [0.15, 0.2) is 0 Å². The first-order valence-electron chi connectivity index (χ1n) is 22.9. The first-order valence-corrected chi connectivity index (χ1v) is 27.1. The number of hydrogen-bond donors (Lipinski definition) is 3. The number of piperazine rings is 1. The van der Waals surface area contributed by atoms with Crippen molar-refractivity contribution in [3.05, 3.63) is 107 Å². The molecule has 0 aliphatic carbocycles. The van der Waals surface area contributed by atoms with Crippen LogP contribution in [-0.4, -0.2) is 95.2 Å². The van der Waals surface area contributed by atoms with Crippen LogP contribution in [0.3, 0.4) is 0 Å². The van der Waals surface area contributed by atoms with Crippen LogP contribution in [0.5, 0.6) is 0 Å². The molecule has 1 saturated heterocycles. The lowest BCUT2D eigenvalue weighted by atomic mass is 10.1. The molecule has 1 aliphatic rings. The Labute approximate surface area is 382 Å². The molecule has 0 atom stereocenters. The van der Waals surface area contributed by atoms with Gasteiger partial charge < -0.3 is 29.7 Å². The molecular formula is C51H69N7O4Si2. The summed E-state index contributed by atoms with van der Waals surface area (Å²) in [5.41, 5.74) is 8.26. The van der Waals surface area contributed by atoms with E-state index in [4.69, 9.17) is 14.1 Å². The Kier molecular flexibility index (Phi) is 16.1. The van der Waals surface area contributed by atoms with E-state index in [1.54, 1.807) is 19.4 Å². The number of rotatable bonds is 17. The molecule has 6 rings (SSSR count). The highest BCUT2D eigenvalue weighted by molar-refractivity contribution is 6.99. The second-order valence-electron chi connectivity index (χ2n) is 19.0. The molecule has 13 heteroatoms. The minimum atomic E-state index is -2.73. The zero-order valence-electron chi connectivity index (χ0n) is 39.7. The molecule has 3 N–H and O–H groups in total. The molecule has 3 heterocycles. The van der Waals surface area contributed by atoms with Gasteiger partial charge in [-0.3, -0.25) is 14.5 Å². The fraction of sp³-hybridized carbons (Fsp3) is 0.451. The van der Waals surface area contributed by atoms with Crippen molar-refractivity contribution in [1.82, 2.24) is 19.9 Å². The molecule has 1 amide bonds. The van der Waals surface area contributed by atoms with Crippen LogP contribution >= 0.6 is 0 Å². The molecule has 2 aromatic heterocycles. The summed E-state index contributed by atoms with van der Waals surface area (Å²) >= 11 is 0. The van der Waals surface area contributed by atoms with Crippen molar-refractivity contribution in [3.63, 3.8) is 0 Å². The Hall–Kier alpha value is -5.11. The fourth-order valence-corrected chi connectivity index (χ4v) is 19.6. The number of pyridine rings is 1. The Morgan fingerprint density at radius 1 is 0.859 bits per heavy atom. The molecule has 64 heavy (non-hydrogen) atoms. The summed E-state index contributed by atoms with van der Waals surface area (Å²) in [5.74, 6) is 3.67.